The van der Waals surface area contributed by atoms with Gasteiger partial charge in [0.2, 0.25) is 0 Å². The van der Waals surface area contributed by atoms with Crippen LogP contribution in [0.1, 0.15) is 0 Å². The zero-order valence-corrected chi connectivity index (χ0v) is 14.8. The van der Waals surface area contributed by atoms with Gasteiger partial charge in [-0.1, -0.05) is 35.9 Å². The molecular weight excluding hydrogens is 364 g/mol. The molecule has 0 amide bonds. The molecule has 0 atom stereocenters. The van der Waals surface area contributed by atoms with Gasteiger partial charge < -0.3 is 20.6 Å². The first kappa shape index (κ1) is 17.0. The van der Waals surface area contributed by atoms with Gasteiger partial charge in [0.05, 0.1) is 16.8 Å². The van der Waals surface area contributed by atoms with Gasteiger partial charge in [-0.05, 0) is 48.0 Å². The van der Waals surface area contributed by atoms with Crippen molar-refractivity contribution in [2.45, 2.75) is 0 Å². The van der Waals surface area contributed by atoms with Crippen molar-refractivity contribution in [2.75, 3.05) is 5.73 Å². The average molecular weight is 379 g/mol. The zero-order valence-electron chi connectivity index (χ0n) is 14.1. The lowest BCUT2D eigenvalue weighted by Gasteiger charge is -2.11. The second kappa shape index (κ2) is 6.70. The number of hydrogen-bond acceptors (Lipinski definition) is 4. The van der Waals surface area contributed by atoms with Gasteiger partial charge in [0.15, 0.2) is 0 Å². The van der Waals surface area contributed by atoms with Crippen LogP contribution in [0.3, 0.4) is 0 Å². The summed E-state index contributed by atoms with van der Waals surface area (Å²) in [6.45, 7) is 0. The van der Waals surface area contributed by atoms with Crippen LogP contribution in [0.5, 0.6) is 17.2 Å². The Hall–Kier alpha value is -3.44. The molecule has 1 aromatic heterocycles. The molecule has 3 aromatic carbocycles. The van der Waals surface area contributed by atoms with Gasteiger partial charge >= 0.3 is 0 Å². The number of nitrogens with one attached hydrogen (secondary N) is 1. The standard InChI is InChI=1S/C21H15ClN2O3/c22-13-8-9-15-17(11-13)24-21(26)19(20(15)25)12-4-3-5-14(10-12)27-18-7-2-1-6-16(18)23/h1-11H,23H2,(H2,24,25,26). The number of fused-ring (bicyclic) bond motifs is 1. The second-order valence-electron chi connectivity index (χ2n) is 6.04. The summed E-state index contributed by atoms with van der Waals surface area (Å²) in [6, 6.07) is 19.0. The highest BCUT2D eigenvalue weighted by atomic mass is 35.5. The Bertz CT molecular complexity index is 1220. The van der Waals surface area contributed by atoms with Gasteiger partial charge in [-0.2, -0.15) is 0 Å². The maximum Gasteiger partial charge on any atom is 0.260 e. The Kier molecular flexibility index (Phi) is 4.22. The van der Waals surface area contributed by atoms with E-state index < -0.39 is 5.56 Å². The monoisotopic (exact) mass is 378 g/mol. The molecule has 4 N–H and O–H groups in total. The number of rotatable bonds is 3. The predicted octanol–water partition coefficient (Wildman–Crippen LogP) is 4.93. The molecule has 0 aliphatic carbocycles. The number of aromatic hydroxyl groups is 1. The summed E-state index contributed by atoms with van der Waals surface area (Å²) >= 11 is 5.96. The van der Waals surface area contributed by atoms with Crippen LogP contribution in [-0.4, -0.2) is 10.1 Å². The molecule has 0 radical (unpaired) electrons. The molecule has 0 bridgehead atoms. The third-order valence-corrected chi connectivity index (χ3v) is 4.45. The molecule has 6 heteroatoms. The number of pyridine rings is 1. The van der Waals surface area contributed by atoms with Crippen LogP contribution in [0.2, 0.25) is 5.02 Å². The zero-order chi connectivity index (χ0) is 19.0. The quantitative estimate of drug-likeness (QED) is 0.441. The highest BCUT2D eigenvalue weighted by Gasteiger charge is 2.15. The molecule has 0 fully saturated rings. The molecule has 0 saturated heterocycles. The molecular formula is C21H15ClN2O3. The van der Waals surface area contributed by atoms with Gasteiger partial charge in [-0.3, -0.25) is 4.79 Å². The lowest BCUT2D eigenvalue weighted by atomic mass is 10.0. The Balaban J connectivity index is 1.81. The van der Waals surface area contributed by atoms with Gasteiger partial charge in [0, 0.05) is 10.4 Å². The fourth-order valence-electron chi connectivity index (χ4n) is 2.94. The van der Waals surface area contributed by atoms with E-state index in [1.807, 2.05) is 12.1 Å². The van der Waals surface area contributed by atoms with Gasteiger partial charge in [0.1, 0.15) is 17.2 Å². The fourth-order valence-corrected chi connectivity index (χ4v) is 3.11. The summed E-state index contributed by atoms with van der Waals surface area (Å²) in [5.41, 5.74) is 7.16. The summed E-state index contributed by atoms with van der Waals surface area (Å²) < 4.78 is 5.82. The highest BCUT2D eigenvalue weighted by Crippen LogP contribution is 2.35. The molecule has 134 valence electrons. The largest absolute Gasteiger partial charge is 0.506 e. The van der Waals surface area contributed by atoms with Crippen molar-refractivity contribution >= 4 is 28.2 Å². The van der Waals surface area contributed by atoms with Crippen molar-refractivity contribution in [3.05, 3.63) is 82.1 Å². The van der Waals surface area contributed by atoms with E-state index >= 15 is 0 Å². The molecule has 4 aromatic rings. The number of anilines is 1. The SMILES string of the molecule is Nc1ccccc1Oc1cccc(-c2c(O)c3ccc(Cl)cc3[nH]c2=O)c1. The number of halogens is 1. The molecule has 4 rings (SSSR count). The van der Waals surface area contributed by atoms with Crippen LogP contribution in [0, 0.1) is 0 Å². The van der Waals surface area contributed by atoms with E-state index in [0.29, 0.717) is 38.7 Å². The Morgan fingerprint density at radius 2 is 1.81 bits per heavy atom. The van der Waals surface area contributed by atoms with E-state index in [2.05, 4.69) is 4.98 Å². The first-order valence-electron chi connectivity index (χ1n) is 8.20. The van der Waals surface area contributed by atoms with E-state index in [0.717, 1.165) is 0 Å². The number of nitrogens with two attached hydrogens (primary N) is 1. The summed E-state index contributed by atoms with van der Waals surface area (Å²) in [5, 5.41) is 11.7. The molecule has 0 saturated carbocycles. The topological polar surface area (TPSA) is 88.3 Å². The van der Waals surface area contributed by atoms with E-state index in [9.17, 15) is 9.90 Å². The van der Waals surface area contributed by atoms with Gasteiger partial charge in [0.25, 0.3) is 5.56 Å². The molecule has 5 nitrogen and oxygen atoms in total. The molecule has 27 heavy (non-hydrogen) atoms. The van der Waals surface area contributed by atoms with E-state index in [-0.39, 0.29) is 11.3 Å². The van der Waals surface area contributed by atoms with Crippen molar-refractivity contribution in [1.82, 2.24) is 4.98 Å². The van der Waals surface area contributed by atoms with Gasteiger partial charge in [-0.15, -0.1) is 0 Å². The van der Waals surface area contributed by atoms with Crippen LogP contribution in [0.25, 0.3) is 22.0 Å². The minimum absolute atomic E-state index is 0.109. The molecule has 1 heterocycles. The number of hydrogen-bond donors (Lipinski definition) is 3. The highest BCUT2D eigenvalue weighted by molar-refractivity contribution is 6.31. The first-order chi connectivity index (χ1) is 13.0. The number of benzene rings is 3. The Morgan fingerprint density at radius 1 is 1.00 bits per heavy atom. The lowest BCUT2D eigenvalue weighted by Crippen LogP contribution is -2.09. The Morgan fingerprint density at radius 3 is 2.63 bits per heavy atom. The van der Waals surface area contributed by atoms with Crippen molar-refractivity contribution < 1.29 is 9.84 Å². The lowest BCUT2D eigenvalue weighted by molar-refractivity contribution is 0.481. The maximum atomic E-state index is 12.6. The number of aromatic amines is 1. The van der Waals surface area contributed by atoms with E-state index in [1.54, 1.807) is 54.6 Å². The number of para-hydroxylation sites is 2. The third kappa shape index (κ3) is 3.20. The molecule has 0 unspecified atom stereocenters. The van der Waals surface area contributed by atoms with Crippen LogP contribution in [0.4, 0.5) is 5.69 Å². The normalized spacial score (nSPS) is 10.9. The van der Waals surface area contributed by atoms with Gasteiger partial charge in [-0.25, -0.2) is 0 Å². The van der Waals surface area contributed by atoms with Crippen LogP contribution >= 0.6 is 11.6 Å². The Labute approximate surface area is 159 Å². The van der Waals surface area contributed by atoms with Crippen LogP contribution in [-0.2, 0) is 0 Å². The molecule has 0 spiro atoms. The average Bonchev–Trinajstić information content (AvgIpc) is 2.64. The van der Waals surface area contributed by atoms with Crippen molar-refractivity contribution in [3.63, 3.8) is 0 Å². The van der Waals surface area contributed by atoms with Crippen LogP contribution < -0.4 is 16.0 Å². The number of ether oxygens (including phenoxy) is 1. The van der Waals surface area contributed by atoms with E-state index in [4.69, 9.17) is 22.1 Å². The minimum atomic E-state index is -0.418. The smallest absolute Gasteiger partial charge is 0.260 e. The van der Waals surface area contributed by atoms with Crippen LogP contribution in [0.15, 0.2) is 71.5 Å². The second-order valence-corrected chi connectivity index (χ2v) is 6.47. The molecule has 0 aliphatic heterocycles. The summed E-state index contributed by atoms with van der Waals surface area (Å²) in [5.74, 6) is 0.906. The maximum absolute atomic E-state index is 12.6. The van der Waals surface area contributed by atoms with Crippen molar-refractivity contribution in [1.29, 1.82) is 0 Å². The first-order valence-corrected chi connectivity index (χ1v) is 8.58. The predicted molar refractivity (Wildman–Crippen MR) is 108 cm³/mol. The minimum Gasteiger partial charge on any atom is -0.506 e. The van der Waals surface area contributed by atoms with Crippen molar-refractivity contribution in [2.24, 2.45) is 0 Å². The summed E-state index contributed by atoms with van der Waals surface area (Å²) in [4.78, 5) is 15.3. The number of nitrogen functional groups attached to an aromatic ring is 1. The number of aromatic nitrogens is 1. The number of H-pyrrole nitrogens is 1. The fraction of sp³-hybridized carbons (Fsp3) is 0. The molecule has 0 aliphatic rings. The summed E-state index contributed by atoms with van der Waals surface area (Å²) in [6.07, 6.45) is 0. The third-order valence-electron chi connectivity index (χ3n) is 4.22. The van der Waals surface area contributed by atoms with E-state index in [1.165, 1.54) is 0 Å². The van der Waals surface area contributed by atoms with Crippen molar-refractivity contribution in [3.8, 4) is 28.4 Å². The summed E-state index contributed by atoms with van der Waals surface area (Å²) in [7, 11) is 0.